The lowest BCUT2D eigenvalue weighted by Crippen LogP contribution is -2.26. The van der Waals surface area contributed by atoms with Crippen molar-refractivity contribution >= 4 is 11.9 Å². The van der Waals surface area contributed by atoms with Crippen LogP contribution in [0.3, 0.4) is 0 Å². The van der Waals surface area contributed by atoms with Gasteiger partial charge in [0.1, 0.15) is 0 Å². The number of esters is 2. The van der Waals surface area contributed by atoms with Crippen LogP contribution in [0.4, 0.5) is 0 Å². The van der Waals surface area contributed by atoms with E-state index in [0.29, 0.717) is 11.5 Å². The summed E-state index contributed by atoms with van der Waals surface area (Å²) in [5, 5.41) is 0. The molecule has 0 aromatic heterocycles. The largest absolute Gasteiger partial charge is 0.423 e. The third-order valence-corrected chi connectivity index (χ3v) is 2.98. The van der Waals surface area contributed by atoms with Crippen molar-refractivity contribution in [3.8, 4) is 11.5 Å². The van der Waals surface area contributed by atoms with E-state index in [9.17, 15) is 9.59 Å². The minimum absolute atomic E-state index is 0.303. The average molecular weight is 263 g/mol. The van der Waals surface area contributed by atoms with E-state index >= 15 is 0 Å². The summed E-state index contributed by atoms with van der Waals surface area (Å²) in [6.45, 7) is 4.40. The van der Waals surface area contributed by atoms with E-state index in [1.165, 1.54) is 13.8 Å². The molecule has 0 aliphatic carbocycles. The molecule has 5 nitrogen and oxygen atoms in total. The second-order valence-electron chi connectivity index (χ2n) is 4.74. The SMILES string of the molecule is CC(=O)Oc1cc2c(cc1OC(C)=O)CN(C)CC2. The van der Waals surface area contributed by atoms with Gasteiger partial charge in [0.25, 0.3) is 0 Å². The van der Waals surface area contributed by atoms with Gasteiger partial charge in [-0.2, -0.15) is 0 Å². The number of rotatable bonds is 2. The van der Waals surface area contributed by atoms with Gasteiger partial charge >= 0.3 is 11.9 Å². The molecular weight excluding hydrogens is 246 g/mol. The van der Waals surface area contributed by atoms with Gasteiger partial charge in [-0.3, -0.25) is 9.59 Å². The molecule has 19 heavy (non-hydrogen) atoms. The van der Waals surface area contributed by atoms with E-state index in [0.717, 1.165) is 30.6 Å². The van der Waals surface area contributed by atoms with Crippen LogP contribution in [0.1, 0.15) is 25.0 Å². The third kappa shape index (κ3) is 3.32. The molecule has 0 saturated heterocycles. The Labute approximate surface area is 112 Å². The van der Waals surface area contributed by atoms with E-state index in [-0.39, 0.29) is 0 Å². The standard InChI is InChI=1S/C14H17NO4/c1-9(16)18-13-6-11-4-5-15(3)8-12(11)7-14(13)19-10(2)17/h6-7H,4-5,8H2,1-3H3. The molecule has 0 fully saturated rings. The molecule has 1 aromatic carbocycles. The molecule has 0 amide bonds. The van der Waals surface area contributed by atoms with Crippen molar-refractivity contribution in [1.82, 2.24) is 4.90 Å². The Bertz CT molecular complexity index is 524. The van der Waals surface area contributed by atoms with Crippen molar-refractivity contribution in [3.63, 3.8) is 0 Å². The Hall–Kier alpha value is -1.88. The van der Waals surface area contributed by atoms with Crippen LogP contribution in [-0.4, -0.2) is 30.4 Å². The monoisotopic (exact) mass is 263 g/mol. The van der Waals surface area contributed by atoms with Crippen molar-refractivity contribution in [1.29, 1.82) is 0 Å². The fourth-order valence-corrected chi connectivity index (χ4v) is 2.17. The number of nitrogens with zero attached hydrogens (tertiary/aromatic N) is 1. The summed E-state index contributed by atoms with van der Waals surface area (Å²) in [5.41, 5.74) is 2.23. The fourth-order valence-electron chi connectivity index (χ4n) is 2.17. The molecule has 2 rings (SSSR count). The first kappa shape index (κ1) is 13.5. The highest BCUT2D eigenvalue weighted by Gasteiger charge is 2.19. The summed E-state index contributed by atoms with van der Waals surface area (Å²) in [6.07, 6.45) is 0.889. The number of ether oxygens (including phenoxy) is 2. The van der Waals surface area contributed by atoms with E-state index in [1.54, 1.807) is 12.1 Å². The minimum Gasteiger partial charge on any atom is -0.423 e. The van der Waals surface area contributed by atoms with Crippen molar-refractivity contribution < 1.29 is 19.1 Å². The highest BCUT2D eigenvalue weighted by Crippen LogP contribution is 2.33. The number of likely N-dealkylation sites (N-methyl/N-ethyl adjacent to an activating group) is 1. The van der Waals surface area contributed by atoms with Gasteiger partial charge in [0.05, 0.1) is 0 Å². The molecule has 1 aliphatic heterocycles. The normalized spacial score (nSPS) is 14.7. The number of benzene rings is 1. The van der Waals surface area contributed by atoms with Gasteiger partial charge in [0.15, 0.2) is 11.5 Å². The predicted octanol–water partition coefficient (Wildman–Crippen LogP) is 1.53. The molecule has 0 unspecified atom stereocenters. The summed E-state index contributed by atoms with van der Waals surface area (Å²) >= 11 is 0. The first-order valence-corrected chi connectivity index (χ1v) is 6.17. The number of hydrogen-bond acceptors (Lipinski definition) is 5. The zero-order valence-corrected chi connectivity index (χ0v) is 11.4. The first-order valence-electron chi connectivity index (χ1n) is 6.17. The zero-order valence-electron chi connectivity index (χ0n) is 11.4. The summed E-state index contributed by atoms with van der Waals surface area (Å²) in [6, 6.07) is 3.58. The Morgan fingerprint density at radius 2 is 1.58 bits per heavy atom. The van der Waals surface area contributed by atoms with Crippen molar-refractivity contribution in [2.24, 2.45) is 0 Å². The van der Waals surface area contributed by atoms with Gasteiger partial charge in [-0.1, -0.05) is 0 Å². The van der Waals surface area contributed by atoms with Crippen LogP contribution in [-0.2, 0) is 22.6 Å². The predicted molar refractivity (Wildman–Crippen MR) is 69.1 cm³/mol. The van der Waals surface area contributed by atoms with Crippen molar-refractivity contribution in [2.45, 2.75) is 26.8 Å². The van der Waals surface area contributed by atoms with Crippen molar-refractivity contribution in [2.75, 3.05) is 13.6 Å². The van der Waals surface area contributed by atoms with Gasteiger partial charge in [-0.25, -0.2) is 0 Å². The number of fused-ring (bicyclic) bond motifs is 1. The fraction of sp³-hybridized carbons (Fsp3) is 0.429. The van der Waals surface area contributed by atoms with Gasteiger partial charge in [0.2, 0.25) is 0 Å². The Morgan fingerprint density at radius 3 is 2.11 bits per heavy atom. The second kappa shape index (κ2) is 5.40. The summed E-state index contributed by atoms with van der Waals surface area (Å²) in [5.74, 6) is -0.249. The molecule has 0 radical (unpaired) electrons. The second-order valence-corrected chi connectivity index (χ2v) is 4.74. The lowest BCUT2D eigenvalue weighted by molar-refractivity contribution is -0.134. The van der Waals surface area contributed by atoms with Crippen LogP contribution in [0.25, 0.3) is 0 Å². The zero-order chi connectivity index (χ0) is 14.0. The topological polar surface area (TPSA) is 55.8 Å². The Kier molecular flexibility index (Phi) is 3.85. The van der Waals surface area contributed by atoms with E-state index < -0.39 is 11.9 Å². The summed E-state index contributed by atoms with van der Waals surface area (Å²) in [4.78, 5) is 24.4. The molecule has 5 heteroatoms. The molecule has 0 saturated carbocycles. The smallest absolute Gasteiger partial charge is 0.308 e. The molecule has 1 aromatic rings. The maximum absolute atomic E-state index is 11.1. The molecule has 0 bridgehead atoms. The van der Waals surface area contributed by atoms with Crippen LogP contribution in [0.15, 0.2) is 12.1 Å². The van der Waals surface area contributed by atoms with E-state index in [2.05, 4.69) is 4.90 Å². The van der Waals surface area contributed by atoms with Gasteiger partial charge in [0, 0.05) is 26.9 Å². The average Bonchev–Trinajstić information content (AvgIpc) is 2.28. The molecular formula is C14H17NO4. The summed E-state index contributed by atoms with van der Waals surface area (Å²) < 4.78 is 10.2. The molecule has 102 valence electrons. The number of hydrogen-bond donors (Lipinski definition) is 0. The summed E-state index contributed by atoms with van der Waals surface area (Å²) in [7, 11) is 2.04. The van der Waals surface area contributed by atoms with Crippen LogP contribution < -0.4 is 9.47 Å². The van der Waals surface area contributed by atoms with E-state index in [1.807, 2.05) is 7.05 Å². The van der Waals surface area contributed by atoms with Crippen LogP contribution in [0.5, 0.6) is 11.5 Å². The molecule has 0 atom stereocenters. The van der Waals surface area contributed by atoms with Crippen molar-refractivity contribution in [3.05, 3.63) is 23.3 Å². The maximum atomic E-state index is 11.1. The lowest BCUT2D eigenvalue weighted by Gasteiger charge is -2.26. The van der Waals surface area contributed by atoms with E-state index in [4.69, 9.17) is 9.47 Å². The minimum atomic E-state index is -0.433. The first-order chi connectivity index (χ1) is 8.95. The Balaban J connectivity index is 2.40. The van der Waals surface area contributed by atoms with Gasteiger partial charge in [-0.05, 0) is 36.7 Å². The van der Waals surface area contributed by atoms with Crippen LogP contribution in [0, 0.1) is 0 Å². The van der Waals surface area contributed by atoms with Crippen LogP contribution in [0.2, 0.25) is 0 Å². The highest BCUT2D eigenvalue weighted by molar-refractivity contribution is 5.74. The number of carbonyl (C=O) groups is 2. The quantitative estimate of drug-likeness (QED) is 0.598. The number of carbonyl (C=O) groups excluding carboxylic acids is 2. The van der Waals surface area contributed by atoms with Gasteiger partial charge in [-0.15, -0.1) is 0 Å². The molecule has 0 spiro atoms. The van der Waals surface area contributed by atoms with Gasteiger partial charge < -0.3 is 14.4 Å². The third-order valence-electron chi connectivity index (χ3n) is 2.98. The molecule has 1 aliphatic rings. The maximum Gasteiger partial charge on any atom is 0.308 e. The molecule has 0 N–H and O–H groups in total. The highest BCUT2D eigenvalue weighted by atomic mass is 16.6. The molecule has 1 heterocycles. The Morgan fingerprint density at radius 1 is 1.05 bits per heavy atom. The van der Waals surface area contributed by atoms with Crippen LogP contribution >= 0.6 is 0 Å². The lowest BCUT2D eigenvalue weighted by atomic mass is 9.99.